The Bertz CT molecular complexity index is 344. The van der Waals surface area contributed by atoms with Gasteiger partial charge in [-0.15, -0.1) is 11.3 Å². The van der Waals surface area contributed by atoms with Gasteiger partial charge >= 0.3 is 0 Å². The molecule has 2 rings (SSSR count). The summed E-state index contributed by atoms with van der Waals surface area (Å²) in [7, 11) is 0. The SMILES string of the molecule is Cc1ccc(C(C)NC2CCCCCC2C)s1. The summed E-state index contributed by atoms with van der Waals surface area (Å²) >= 11 is 1.93. The molecule has 1 aliphatic carbocycles. The quantitative estimate of drug-likeness (QED) is 0.769. The second-order valence-corrected chi connectivity index (χ2v) is 6.88. The second kappa shape index (κ2) is 6.01. The van der Waals surface area contributed by atoms with Crippen molar-refractivity contribution in [2.75, 3.05) is 0 Å². The standard InChI is InChI=1S/C15H25NS/c1-11-7-5-4-6-8-14(11)16-13(3)15-10-9-12(2)17-15/h9-11,13-14,16H,4-8H2,1-3H3. The van der Waals surface area contributed by atoms with Crippen LogP contribution in [0, 0.1) is 12.8 Å². The Hall–Kier alpha value is -0.340. The van der Waals surface area contributed by atoms with Crippen LogP contribution in [0.3, 0.4) is 0 Å². The van der Waals surface area contributed by atoms with Crippen LogP contribution in [0.1, 0.15) is 61.7 Å². The molecule has 17 heavy (non-hydrogen) atoms. The van der Waals surface area contributed by atoms with Gasteiger partial charge < -0.3 is 5.32 Å². The minimum Gasteiger partial charge on any atom is -0.306 e. The molecule has 1 saturated carbocycles. The van der Waals surface area contributed by atoms with E-state index in [1.54, 1.807) is 0 Å². The van der Waals surface area contributed by atoms with E-state index in [9.17, 15) is 0 Å². The van der Waals surface area contributed by atoms with Gasteiger partial charge in [0.25, 0.3) is 0 Å². The van der Waals surface area contributed by atoms with Crippen LogP contribution in [0.25, 0.3) is 0 Å². The van der Waals surface area contributed by atoms with E-state index < -0.39 is 0 Å². The van der Waals surface area contributed by atoms with Crippen molar-refractivity contribution in [2.45, 2.75) is 65.0 Å². The lowest BCUT2D eigenvalue weighted by atomic mass is 9.96. The van der Waals surface area contributed by atoms with Crippen LogP contribution in [0.5, 0.6) is 0 Å². The van der Waals surface area contributed by atoms with Crippen molar-refractivity contribution in [3.63, 3.8) is 0 Å². The van der Waals surface area contributed by atoms with Gasteiger partial charge in [0.05, 0.1) is 0 Å². The average molecular weight is 251 g/mol. The summed E-state index contributed by atoms with van der Waals surface area (Å²) in [6.45, 7) is 6.91. The lowest BCUT2D eigenvalue weighted by Gasteiger charge is -2.26. The van der Waals surface area contributed by atoms with Crippen LogP contribution in [-0.2, 0) is 0 Å². The summed E-state index contributed by atoms with van der Waals surface area (Å²) in [5, 5.41) is 3.85. The predicted octanol–water partition coefficient (Wildman–Crippen LogP) is 4.68. The minimum absolute atomic E-state index is 0.513. The molecule has 0 saturated heterocycles. The van der Waals surface area contributed by atoms with Crippen LogP contribution < -0.4 is 5.32 Å². The maximum Gasteiger partial charge on any atom is 0.0388 e. The Morgan fingerprint density at radius 2 is 2.00 bits per heavy atom. The van der Waals surface area contributed by atoms with Crippen LogP contribution in [0.15, 0.2) is 12.1 Å². The van der Waals surface area contributed by atoms with Crippen molar-refractivity contribution in [1.29, 1.82) is 0 Å². The van der Waals surface area contributed by atoms with Crippen molar-refractivity contribution in [1.82, 2.24) is 5.32 Å². The van der Waals surface area contributed by atoms with Crippen molar-refractivity contribution in [3.05, 3.63) is 21.9 Å². The van der Waals surface area contributed by atoms with Gasteiger partial charge in [-0.2, -0.15) is 0 Å². The third kappa shape index (κ3) is 3.56. The van der Waals surface area contributed by atoms with Crippen molar-refractivity contribution in [3.8, 4) is 0 Å². The molecule has 1 fully saturated rings. The highest BCUT2D eigenvalue weighted by Gasteiger charge is 2.21. The van der Waals surface area contributed by atoms with Gasteiger partial charge in [0, 0.05) is 21.8 Å². The fraction of sp³-hybridized carbons (Fsp3) is 0.733. The molecule has 0 radical (unpaired) electrons. The molecule has 0 aromatic carbocycles. The number of rotatable bonds is 3. The molecule has 3 unspecified atom stereocenters. The maximum atomic E-state index is 3.85. The van der Waals surface area contributed by atoms with E-state index in [-0.39, 0.29) is 0 Å². The Balaban J connectivity index is 1.94. The zero-order valence-corrected chi connectivity index (χ0v) is 12.1. The van der Waals surface area contributed by atoms with E-state index in [1.165, 1.54) is 41.9 Å². The van der Waals surface area contributed by atoms with E-state index in [0.717, 1.165) is 12.0 Å². The molecule has 0 bridgehead atoms. The summed E-state index contributed by atoms with van der Waals surface area (Å²) in [5.41, 5.74) is 0. The molecule has 1 aliphatic rings. The van der Waals surface area contributed by atoms with Crippen LogP contribution >= 0.6 is 11.3 Å². The third-order valence-electron chi connectivity index (χ3n) is 4.01. The van der Waals surface area contributed by atoms with Gasteiger partial charge in [-0.1, -0.05) is 26.2 Å². The van der Waals surface area contributed by atoms with Crippen molar-refractivity contribution in [2.24, 2.45) is 5.92 Å². The largest absolute Gasteiger partial charge is 0.306 e. The van der Waals surface area contributed by atoms with Gasteiger partial charge in [0.15, 0.2) is 0 Å². The Morgan fingerprint density at radius 3 is 2.71 bits per heavy atom. The molecule has 3 atom stereocenters. The van der Waals surface area contributed by atoms with Gasteiger partial charge in [-0.25, -0.2) is 0 Å². The van der Waals surface area contributed by atoms with E-state index >= 15 is 0 Å². The van der Waals surface area contributed by atoms with Crippen LogP contribution in [-0.4, -0.2) is 6.04 Å². The van der Waals surface area contributed by atoms with Crippen LogP contribution in [0.4, 0.5) is 0 Å². The zero-order chi connectivity index (χ0) is 12.3. The van der Waals surface area contributed by atoms with Gasteiger partial charge in [-0.3, -0.25) is 0 Å². The Morgan fingerprint density at radius 1 is 1.24 bits per heavy atom. The van der Waals surface area contributed by atoms with Gasteiger partial charge in [-0.05, 0) is 44.7 Å². The molecule has 1 heterocycles. The number of nitrogens with one attached hydrogen (secondary N) is 1. The molecule has 1 aromatic heterocycles. The lowest BCUT2D eigenvalue weighted by molar-refractivity contribution is 0.332. The highest BCUT2D eigenvalue weighted by atomic mass is 32.1. The molecule has 1 nitrogen and oxygen atoms in total. The third-order valence-corrected chi connectivity index (χ3v) is 5.20. The molecule has 0 spiro atoms. The lowest BCUT2D eigenvalue weighted by Crippen LogP contribution is -2.35. The first kappa shape index (κ1) is 13.1. The molecular formula is C15H25NS. The molecule has 1 aromatic rings. The van der Waals surface area contributed by atoms with E-state index in [4.69, 9.17) is 0 Å². The number of aryl methyl sites for hydroxylation is 1. The fourth-order valence-corrected chi connectivity index (χ4v) is 3.72. The van der Waals surface area contributed by atoms with Crippen molar-refractivity contribution < 1.29 is 0 Å². The van der Waals surface area contributed by atoms with Gasteiger partial charge in [0.1, 0.15) is 0 Å². The molecule has 96 valence electrons. The second-order valence-electron chi connectivity index (χ2n) is 5.56. The van der Waals surface area contributed by atoms with Crippen molar-refractivity contribution >= 4 is 11.3 Å². The summed E-state index contributed by atoms with van der Waals surface area (Å²) < 4.78 is 0. The maximum absolute atomic E-state index is 3.85. The van der Waals surface area contributed by atoms with E-state index in [2.05, 4.69) is 38.2 Å². The molecule has 0 aliphatic heterocycles. The summed E-state index contributed by atoms with van der Waals surface area (Å²) in [6, 6.07) is 5.74. The molecular weight excluding hydrogens is 226 g/mol. The molecule has 2 heteroatoms. The summed E-state index contributed by atoms with van der Waals surface area (Å²) in [6.07, 6.45) is 7.00. The predicted molar refractivity (Wildman–Crippen MR) is 76.6 cm³/mol. The average Bonchev–Trinajstić information content (AvgIpc) is 2.63. The highest BCUT2D eigenvalue weighted by Crippen LogP contribution is 2.27. The monoisotopic (exact) mass is 251 g/mol. The first-order valence-corrected chi connectivity index (χ1v) is 7.81. The normalized spacial score (nSPS) is 27.7. The smallest absolute Gasteiger partial charge is 0.0388 e. The van der Waals surface area contributed by atoms with Gasteiger partial charge in [0.2, 0.25) is 0 Å². The number of hydrogen-bond acceptors (Lipinski definition) is 2. The van der Waals surface area contributed by atoms with E-state index in [0.29, 0.717) is 6.04 Å². The first-order valence-electron chi connectivity index (χ1n) is 6.99. The fourth-order valence-electron chi connectivity index (χ4n) is 2.83. The summed E-state index contributed by atoms with van der Waals surface area (Å²) in [5.74, 6) is 0.834. The van der Waals surface area contributed by atoms with E-state index in [1.807, 2.05) is 11.3 Å². The topological polar surface area (TPSA) is 12.0 Å². The minimum atomic E-state index is 0.513. The first-order chi connectivity index (χ1) is 8.16. The number of thiophene rings is 1. The van der Waals surface area contributed by atoms with Crippen LogP contribution in [0.2, 0.25) is 0 Å². The highest BCUT2D eigenvalue weighted by molar-refractivity contribution is 7.12. The zero-order valence-electron chi connectivity index (χ0n) is 11.3. The summed E-state index contributed by atoms with van der Waals surface area (Å²) in [4.78, 5) is 2.90. The Kier molecular flexibility index (Phi) is 4.63. The number of hydrogen-bond donors (Lipinski definition) is 1. The molecule has 1 N–H and O–H groups in total. The molecule has 0 amide bonds. The Labute approximate surface area is 110 Å².